The average molecular weight is 455 g/mol. The minimum atomic E-state index is 0.00658. The van der Waals surface area contributed by atoms with Crippen LogP contribution in [0, 0.1) is 0 Å². The molecule has 2 aliphatic rings. The molecule has 0 bridgehead atoms. The summed E-state index contributed by atoms with van der Waals surface area (Å²) >= 11 is 0. The number of fused-ring (bicyclic) bond motifs is 2. The summed E-state index contributed by atoms with van der Waals surface area (Å²) in [5, 5.41) is 0. The van der Waals surface area contributed by atoms with Crippen molar-refractivity contribution >= 4 is 17.9 Å². The monoisotopic (exact) mass is 454 g/mol. The lowest BCUT2D eigenvalue weighted by Crippen LogP contribution is -2.19. The molecule has 0 aromatic heterocycles. The third kappa shape index (κ3) is 4.47. The average Bonchev–Trinajstić information content (AvgIpc) is 3.16. The van der Waals surface area contributed by atoms with Crippen LogP contribution < -0.4 is 0 Å². The molecule has 0 unspecified atom stereocenters. The van der Waals surface area contributed by atoms with E-state index < -0.39 is 0 Å². The molecule has 0 saturated carbocycles. The van der Waals surface area contributed by atoms with Crippen LogP contribution in [0.4, 0.5) is 0 Å². The zero-order valence-electron chi connectivity index (χ0n) is 22.9. The molecule has 0 atom stereocenters. The molecule has 0 radical (unpaired) electrons. The molecule has 0 N–H and O–H groups in total. The molecule has 1 heteroatoms. The minimum Gasteiger partial charge on any atom is -0.299 e. The van der Waals surface area contributed by atoms with Crippen molar-refractivity contribution in [3.63, 3.8) is 0 Å². The highest BCUT2D eigenvalue weighted by atomic mass is 16.1. The Kier molecular flexibility index (Phi) is 5.67. The van der Waals surface area contributed by atoms with E-state index in [2.05, 4.69) is 118 Å². The van der Waals surface area contributed by atoms with E-state index in [4.69, 9.17) is 0 Å². The zero-order chi connectivity index (χ0) is 25.3. The van der Waals surface area contributed by atoms with Crippen LogP contribution >= 0.6 is 0 Å². The van der Waals surface area contributed by atoms with Crippen molar-refractivity contribution in [1.82, 2.24) is 0 Å². The molecule has 0 saturated heterocycles. The summed E-state index contributed by atoms with van der Waals surface area (Å²) in [6.07, 6.45) is 9.99. The first-order chi connectivity index (χ1) is 15.5. The largest absolute Gasteiger partial charge is 0.299 e. The highest BCUT2D eigenvalue weighted by Gasteiger charge is 2.31. The van der Waals surface area contributed by atoms with Crippen LogP contribution in [-0.4, -0.2) is 5.78 Å². The van der Waals surface area contributed by atoms with Gasteiger partial charge in [0.15, 0.2) is 0 Å². The molecule has 1 nitrogen and oxygen atoms in total. The normalized spacial score (nSPS) is 17.7. The van der Waals surface area contributed by atoms with E-state index in [1.165, 1.54) is 44.5 Å². The third-order valence-corrected chi connectivity index (χ3v) is 7.76. The Balaban J connectivity index is 1.71. The second kappa shape index (κ2) is 7.80. The maximum absolute atomic E-state index is 13.6. The van der Waals surface area contributed by atoms with Crippen LogP contribution in [0.15, 0.2) is 36.4 Å². The highest BCUT2D eigenvalue weighted by Crippen LogP contribution is 2.42. The Bertz CT molecular complexity index is 1120. The van der Waals surface area contributed by atoms with Gasteiger partial charge in [0.05, 0.1) is 0 Å². The molecular weight excluding hydrogens is 412 g/mol. The van der Waals surface area contributed by atoms with Crippen LogP contribution in [-0.2, 0) is 39.3 Å². The number of hydrogen-bond acceptors (Lipinski definition) is 1. The van der Waals surface area contributed by atoms with Crippen molar-refractivity contribution in [2.45, 2.75) is 104 Å². The van der Waals surface area contributed by atoms with Crippen molar-refractivity contribution in [1.29, 1.82) is 0 Å². The first-order valence-corrected chi connectivity index (χ1v) is 12.7. The van der Waals surface area contributed by atoms with Gasteiger partial charge in [0.25, 0.3) is 0 Å². The summed E-state index contributed by atoms with van der Waals surface area (Å²) in [5.41, 5.74) is 10.3. The van der Waals surface area contributed by atoms with Crippen LogP contribution in [0.1, 0.15) is 114 Å². The van der Waals surface area contributed by atoms with Crippen LogP contribution in [0.3, 0.4) is 0 Å². The van der Waals surface area contributed by atoms with Gasteiger partial charge >= 0.3 is 0 Å². The Morgan fingerprint density at radius 3 is 1.32 bits per heavy atom. The van der Waals surface area contributed by atoms with E-state index >= 15 is 0 Å². The second-order valence-corrected chi connectivity index (χ2v) is 13.7. The van der Waals surface area contributed by atoms with E-state index in [-0.39, 0.29) is 27.4 Å². The van der Waals surface area contributed by atoms with Crippen molar-refractivity contribution in [3.05, 3.63) is 80.9 Å². The lowest BCUT2D eigenvalue weighted by atomic mass is 9.78. The topological polar surface area (TPSA) is 17.1 Å². The Morgan fingerprint density at radius 1 is 0.647 bits per heavy atom. The van der Waals surface area contributed by atoms with Gasteiger partial charge in [0.2, 0.25) is 0 Å². The van der Waals surface area contributed by atoms with E-state index in [1.54, 1.807) is 0 Å². The summed E-state index contributed by atoms with van der Waals surface area (Å²) < 4.78 is 0. The minimum absolute atomic E-state index is 0.00658. The maximum Gasteiger partial charge on any atom is 0.141 e. The maximum atomic E-state index is 13.6. The smallest absolute Gasteiger partial charge is 0.141 e. The van der Waals surface area contributed by atoms with Gasteiger partial charge < -0.3 is 0 Å². The van der Waals surface area contributed by atoms with Gasteiger partial charge in [-0.2, -0.15) is 0 Å². The molecule has 0 amide bonds. The van der Waals surface area contributed by atoms with Crippen LogP contribution in [0.25, 0.3) is 12.2 Å². The molecular formula is C33H42O. The quantitative estimate of drug-likeness (QED) is 0.454. The Morgan fingerprint density at radius 2 is 1.00 bits per heavy atom. The lowest BCUT2D eigenvalue weighted by Gasteiger charge is -2.26. The summed E-state index contributed by atoms with van der Waals surface area (Å²) in [6.45, 7) is 22.6. The molecule has 0 fully saturated rings. The summed E-state index contributed by atoms with van der Waals surface area (Å²) in [4.78, 5) is 13.6. The van der Waals surface area contributed by atoms with Gasteiger partial charge in [-0.05, 0) is 55.3 Å². The fourth-order valence-electron chi connectivity index (χ4n) is 5.30. The number of carbonyl (C=O) groups excluding carboxylic acids is 1. The van der Waals surface area contributed by atoms with Crippen LogP contribution in [0.2, 0.25) is 0 Å². The zero-order valence-corrected chi connectivity index (χ0v) is 22.9. The fourth-order valence-corrected chi connectivity index (χ4v) is 5.30. The third-order valence-electron chi connectivity index (χ3n) is 7.76. The number of Topliss-reactive ketones (excluding diaryl/α,β-unsaturated/α-hetero) is 1. The van der Waals surface area contributed by atoms with Gasteiger partial charge in [0.1, 0.15) is 5.78 Å². The van der Waals surface area contributed by atoms with Gasteiger partial charge in [-0.3, -0.25) is 4.79 Å². The highest BCUT2D eigenvalue weighted by molar-refractivity contribution is 5.87. The van der Waals surface area contributed by atoms with Crippen molar-refractivity contribution < 1.29 is 4.79 Å². The van der Waals surface area contributed by atoms with Crippen molar-refractivity contribution in [3.8, 4) is 0 Å². The van der Waals surface area contributed by atoms with Crippen molar-refractivity contribution in [2.24, 2.45) is 0 Å². The van der Waals surface area contributed by atoms with E-state index in [0.717, 1.165) is 0 Å². The number of allylic oxidation sites excluding steroid dienone is 2. The number of hydrogen-bond donors (Lipinski definition) is 0. The second-order valence-electron chi connectivity index (χ2n) is 13.7. The van der Waals surface area contributed by atoms with Gasteiger partial charge in [-0.25, -0.2) is 0 Å². The molecule has 0 spiro atoms. The molecule has 2 aromatic rings. The number of benzene rings is 2. The Labute approximate surface area is 207 Å². The molecule has 4 rings (SSSR count). The molecule has 0 heterocycles. The SMILES string of the molecule is CC(C)(C)c1cc(CC(=O)Cc2cc(C(C)(C)C)cc3c2C=CC3(C)C)c2c(c1)C(C)(C)C=C2. The van der Waals surface area contributed by atoms with E-state index in [0.29, 0.717) is 12.8 Å². The number of carbonyl (C=O) groups is 1. The Hall–Kier alpha value is -2.41. The number of rotatable bonds is 4. The van der Waals surface area contributed by atoms with Crippen molar-refractivity contribution in [2.75, 3.05) is 0 Å². The predicted molar refractivity (Wildman–Crippen MR) is 147 cm³/mol. The predicted octanol–water partition coefficient (Wildman–Crippen LogP) is 8.24. The van der Waals surface area contributed by atoms with Gasteiger partial charge in [-0.1, -0.05) is 118 Å². The molecule has 180 valence electrons. The van der Waals surface area contributed by atoms with E-state index in [1.807, 2.05) is 0 Å². The molecule has 0 aliphatic heterocycles. The first-order valence-electron chi connectivity index (χ1n) is 12.7. The lowest BCUT2D eigenvalue weighted by molar-refractivity contribution is -0.117. The van der Waals surface area contributed by atoms with Gasteiger partial charge in [0, 0.05) is 23.7 Å². The first kappa shape index (κ1) is 24.7. The summed E-state index contributed by atoms with van der Waals surface area (Å²) in [7, 11) is 0. The number of ketones is 1. The molecule has 2 aliphatic carbocycles. The molecule has 34 heavy (non-hydrogen) atoms. The van der Waals surface area contributed by atoms with Crippen LogP contribution in [0.5, 0.6) is 0 Å². The van der Waals surface area contributed by atoms with Gasteiger partial charge in [-0.15, -0.1) is 0 Å². The summed E-state index contributed by atoms with van der Waals surface area (Å²) in [6, 6.07) is 9.27. The summed E-state index contributed by atoms with van der Waals surface area (Å²) in [5.74, 6) is 0.290. The molecule has 2 aromatic carbocycles. The van der Waals surface area contributed by atoms with E-state index in [9.17, 15) is 4.79 Å². The fraction of sp³-hybridized carbons (Fsp3) is 0.485. The standard InChI is InChI=1S/C33H42O/c1-30(2,3)23-15-21(26-11-13-32(7,8)28(26)19-23)17-25(34)18-22-16-24(31(4,5)6)20-29-27(22)12-14-33(29,9)10/h11-16,19-20H,17-18H2,1-10H3.